The van der Waals surface area contributed by atoms with Gasteiger partial charge in [0.25, 0.3) is 0 Å². The number of hydrogen-bond acceptors (Lipinski definition) is 3. The highest BCUT2D eigenvalue weighted by molar-refractivity contribution is 9.10. The lowest BCUT2D eigenvalue weighted by molar-refractivity contribution is -0.157. The first kappa shape index (κ1) is 14.6. The van der Waals surface area contributed by atoms with Gasteiger partial charge in [-0.15, -0.1) is 0 Å². The second-order valence-electron chi connectivity index (χ2n) is 4.75. The average molecular weight is 340 g/mol. The Morgan fingerprint density at radius 1 is 1.35 bits per heavy atom. The van der Waals surface area contributed by atoms with Gasteiger partial charge in [-0.2, -0.15) is 0 Å². The molecule has 106 valence electrons. The molecule has 0 bridgehead atoms. The van der Waals surface area contributed by atoms with E-state index in [1.54, 1.807) is 12.1 Å². The first-order valence-corrected chi connectivity index (χ1v) is 6.73. The lowest BCUT2D eigenvalue weighted by Gasteiger charge is -2.32. The Hall–Kier alpha value is -1.82. The molecule has 0 radical (unpaired) electrons. The Morgan fingerprint density at radius 2 is 2.00 bits per heavy atom. The first-order chi connectivity index (χ1) is 9.26. The Morgan fingerprint density at radius 3 is 2.55 bits per heavy atom. The van der Waals surface area contributed by atoms with Crippen molar-refractivity contribution in [2.45, 2.75) is 19.4 Å². The summed E-state index contributed by atoms with van der Waals surface area (Å²) in [5.41, 5.74) is -0.968. The van der Waals surface area contributed by atoms with Crippen molar-refractivity contribution in [2.24, 2.45) is 0 Å². The van der Waals surface area contributed by atoms with Crippen LogP contribution in [0, 0.1) is 0 Å². The average Bonchev–Trinajstić information content (AvgIpc) is 2.79. The number of fused-ring (bicyclic) bond motifs is 1. The number of carboxylic acid groups (broad SMARTS) is 1. The van der Waals surface area contributed by atoms with Crippen LogP contribution < -0.4 is 0 Å². The quantitative estimate of drug-likeness (QED) is 0.933. The molecule has 0 fully saturated rings. The van der Waals surface area contributed by atoms with Crippen LogP contribution in [-0.2, 0) is 15.1 Å². The SMILES string of the molecule is CC(=O)N(C)C(C)(C(=O)O)c1cc2cc(Br)ccc2o1. The van der Waals surface area contributed by atoms with Gasteiger partial charge in [0.2, 0.25) is 5.91 Å². The highest BCUT2D eigenvalue weighted by Gasteiger charge is 2.44. The lowest BCUT2D eigenvalue weighted by Crippen LogP contribution is -2.49. The molecule has 6 heteroatoms. The summed E-state index contributed by atoms with van der Waals surface area (Å²) in [5, 5.41) is 10.3. The number of likely N-dealkylation sites (N-methyl/N-ethyl adjacent to an activating group) is 1. The standard InChI is InChI=1S/C14H14BrNO4/c1-8(17)16(3)14(2,13(18)19)12-7-9-6-10(15)4-5-11(9)20-12/h4-7H,1-3H3,(H,18,19). The summed E-state index contributed by atoms with van der Waals surface area (Å²) in [4.78, 5) is 24.4. The molecule has 1 heterocycles. The van der Waals surface area contributed by atoms with Crippen LogP contribution in [0.3, 0.4) is 0 Å². The van der Waals surface area contributed by atoms with Crippen LogP contribution in [0.15, 0.2) is 33.2 Å². The third-order valence-electron chi connectivity index (χ3n) is 3.52. The molecule has 0 aliphatic rings. The fourth-order valence-electron chi connectivity index (χ4n) is 1.98. The predicted molar refractivity (Wildman–Crippen MR) is 77.3 cm³/mol. The number of carbonyl (C=O) groups is 2. The van der Waals surface area contributed by atoms with Crippen molar-refractivity contribution in [1.82, 2.24) is 4.90 Å². The van der Waals surface area contributed by atoms with Gasteiger partial charge < -0.3 is 14.4 Å². The van der Waals surface area contributed by atoms with Gasteiger partial charge in [-0.1, -0.05) is 15.9 Å². The van der Waals surface area contributed by atoms with Gasteiger partial charge >= 0.3 is 5.97 Å². The monoisotopic (exact) mass is 339 g/mol. The molecule has 0 aliphatic carbocycles. The van der Waals surface area contributed by atoms with E-state index in [1.807, 2.05) is 12.1 Å². The maximum Gasteiger partial charge on any atom is 0.337 e. The molecule has 1 amide bonds. The second-order valence-corrected chi connectivity index (χ2v) is 5.66. The molecule has 1 N–H and O–H groups in total. The van der Waals surface area contributed by atoms with E-state index in [0.717, 1.165) is 14.8 Å². The molecule has 0 saturated carbocycles. The van der Waals surface area contributed by atoms with Crippen molar-refractivity contribution < 1.29 is 19.1 Å². The summed E-state index contributed by atoms with van der Waals surface area (Å²) in [6.07, 6.45) is 0. The van der Waals surface area contributed by atoms with E-state index in [2.05, 4.69) is 15.9 Å². The largest absolute Gasteiger partial charge is 0.479 e. The number of amides is 1. The lowest BCUT2D eigenvalue weighted by atomic mass is 9.96. The number of aliphatic carboxylic acids is 1. The maximum atomic E-state index is 11.6. The Bertz CT molecular complexity index is 694. The zero-order chi connectivity index (χ0) is 15.1. The zero-order valence-electron chi connectivity index (χ0n) is 11.3. The summed E-state index contributed by atoms with van der Waals surface area (Å²) in [7, 11) is 1.44. The fraction of sp³-hybridized carbons (Fsp3) is 0.286. The van der Waals surface area contributed by atoms with Gasteiger partial charge in [0.1, 0.15) is 11.3 Å². The van der Waals surface area contributed by atoms with E-state index in [4.69, 9.17) is 4.42 Å². The van der Waals surface area contributed by atoms with Gasteiger partial charge in [0.05, 0.1) is 0 Å². The second kappa shape index (κ2) is 4.94. The Labute approximate surface area is 124 Å². The molecule has 2 rings (SSSR count). The third-order valence-corrected chi connectivity index (χ3v) is 4.01. The Kier molecular flexibility index (Phi) is 3.60. The Balaban J connectivity index is 2.63. The van der Waals surface area contributed by atoms with Crippen LogP contribution in [0.2, 0.25) is 0 Å². The number of halogens is 1. The van der Waals surface area contributed by atoms with Crippen molar-refractivity contribution in [3.63, 3.8) is 0 Å². The van der Waals surface area contributed by atoms with Crippen molar-refractivity contribution >= 4 is 38.8 Å². The number of carboxylic acids is 1. The molecule has 1 aromatic carbocycles. The summed E-state index contributed by atoms with van der Waals surface area (Å²) in [6.45, 7) is 2.77. The summed E-state index contributed by atoms with van der Waals surface area (Å²) < 4.78 is 6.49. The minimum Gasteiger partial charge on any atom is -0.479 e. The van der Waals surface area contributed by atoms with Crippen molar-refractivity contribution in [3.05, 3.63) is 34.5 Å². The molecule has 5 nitrogen and oxygen atoms in total. The maximum absolute atomic E-state index is 11.6. The zero-order valence-corrected chi connectivity index (χ0v) is 12.9. The van der Waals surface area contributed by atoms with E-state index in [-0.39, 0.29) is 11.7 Å². The first-order valence-electron chi connectivity index (χ1n) is 5.94. The summed E-state index contributed by atoms with van der Waals surface area (Å²) in [6, 6.07) is 7.04. The number of benzene rings is 1. The summed E-state index contributed by atoms with van der Waals surface area (Å²) >= 11 is 3.35. The van der Waals surface area contributed by atoms with Gasteiger partial charge in [-0.05, 0) is 31.2 Å². The summed E-state index contributed by atoms with van der Waals surface area (Å²) in [5.74, 6) is -1.28. The molecular weight excluding hydrogens is 326 g/mol. The van der Waals surface area contributed by atoms with E-state index in [0.29, 0.717) is 5.58 Å². The molecule has 0 aliphatic heterocycles. The van der Waals surface area contributed by atoms with E-state index in [9.17, 15) is 14.7 Å². The number of hydrogen-bond donors (Lipinski definition) is 1. The molecule has 20 heavy (non-hydrogen) atoms. The topological polar surface area (TPSA) is 70.8 Å². The van der Waals surface area contributed by atoms with Gasteiger partial charge in [0, 0.05) is 23.8 Å². The molecule has 1 atom stereocenters. The number of carbonyl (C=O) groups excluding carboxylic acids is 1. The molecule has 2 aromatic rings. The third kappa shape index (κ3) is 2.20. The van der Waals surface area contributed by atoms with E-state index < -0.39 is 11.5 Å². The van der Waals surface area contributed by atoms with Crippen molar-refractivity contribution in [2.75, 3.05) is 7.05 Å². The van der Waals surface area contributed by atoms with Gasteiger partial charge in [0.15, 0.2) is 5.54 Å². The molecule has 0 spiro atoms. The number of rotatable bonds is 3. The van der Waals surface area contributed by atoms with Crippen LogP contribution in [-0.4, -0.2) is 28.9 Å². The van der Waals surface area contributed by atoms with Crippen LogP contribution in [0.1, 0.15) is 19.6 Å². The van der Waals surface area contributed by atoms with E-state index >= 15 is 0 Å². The minimum absolute atomic E-state index is 0.218. The van der Waals surface area contributed by atoms with Crippen LogP contribution in [0.4, 0.5) is 0 Å². The fourth-order valence-corrected chi connectivity index (χ4v) is 2.36. The van der Waals surface area contributed by atoms with Crippen LogP contribution >= 0.6 is 15.9 Å². The molecule has 0 saturated heterocycles. The van der Waals surface area contributed by atoms with Crippen molar-refractivity contribution in [3.8, 4) is 0 Å². The predicted octanol–water partition coefficient (Wildman–Crippen LogP) is 2.97. The number of furan rings is 1. The molecular formula is C14H14BrNO4. The number of nitrogens with zero attached hydrogens (tertiary/aromatic N) is 1. The van der Waals surface area contributed by atoms with Crippen molar-refractivity contribution in [1.29, 1.82) is 0 Å². The van der Waals surface area contributed by atoms with Gasteiger partial charge in [-0.3, -0.25) is 4.79 Å². The normalized spacial score (nSPS) is 14.0. The smallest absolute Gasteiger partial charge is 0.337 e. The highest BCUT2D eigenvalue weighted by atomic mass is 79.9. The molecule has 1 unspecified atom stereocenters. The highest BCUT2D eigenvalue weighted by Crippen LogP contribution is 2.33. The van der Waals surface area contributed by atoms with Gasteiger partial charge in [-0.25, -0.2) is 4.79 Å². The van der Waals surface area contributed by atoms with E-state index in [1.165, 1.54) is 20.9 Å². The van der Waals surface area contributed by atoms with Crippen LogP contribution in [0.5, 0.6) is 0 Å². The minimum atomic E-state index is -1.54. The van der Waals surface area contributed by atoms with Crippen LogP contribution in [0.25, 0.3) is 11.0 Å². The molecule has 1 aromatic heterocycles.